The van der Waals surface area contributed by atoms with Crippen LogP contribution < -0.4 is 5.32 Å². The minimum absolute atomic E-state index is 0.538. The number of likely N-dealkylation sites (tertiary alicyclic amines) is 1. The van der Waals surface area contributed by atoms with Gasteiger partial charge in [-0.1, -0.05) is 0 Å². The van der Waals surface area contributed by atoms with Gasteiger partial charge in [-0.25, -0.2) is 9.97 Å². The molecule has 5 nitrogen and oxygen atoms in total. The molecule has 3 heterocycles. The van der Waals surface area contributed by atoms with Gasteiger partial charge in [0.2, 0.25) is 0 Å². The molecule has 1 atom stereocenters. The van der Waals surface area contributed by atoms with Crippen LogP contribution in [0.15, 0.2) is 37.1 Å². The highest BCUT2D eigenvalue weighted by Gasteiger charge is 2.18. The molecule has 0 radical (unpaired) electrons. The molecule has 94 valence electrons. The lowest BCUT2D eigenvalue weighted by atomic mass is 10.2. The third kappa shape index (κ3) is 2.36. The normalized spacial score (nSPS) is 20.2. The second-order valence-corrected chi connectivity index (χ2v) is 4.77. The summed E-state index contributed by atoms with van der Waals surface area (Å²) in [5.41, 5.74) is 1.08. The van der Waals surface area contributed by atoms with E-state index in [1.165, 1.54) is 6.42 Å². The first-order valence-electron chi connectivity index (χ1n) is 6.21. The molecule has 2 aromatic rings. The Morgan fingerprint density at radius 2 is 2.33 bits per heavy atom. The number of aromatic nitrogens is 3. The molecule has 0 aliphatic carbocycles. The highest BCUT2D eigenvalue weighted by Crippen LogP contribution is 2.15. The Morgan fingerprint density at radius 1 is 1.39 bits per heavy atom. The number of anilines is 1. The summed E-state index contributed by atoms with van der Waals surface area (Å²) < 4.78 is 1.90. The van der Waals surface area contributed by atoms with E-state index in [2.05, 4.69) is 33.3 Å². The van der Waals surface area contributed by atoms with Gasteiger partial charge >= 0.3 is 0 Å². The van der Waals surface area contributed by atoms with Gasteiger partial charge in [-0.2, -0.15) is 0 Å². The van der Waals surface area contributed by atoms with Gasteiger partial charge in [0.15, 0.2) is 0 Å². The van der Waals surface area contributed by atoms with Crippen LogP contribution in [0.2, 0.25) is 0 Å². The number of nitrogens with one attached hydrogen (secondary N) is 1. The molecular formula is C13H17N5. The minimum Gasteiger partial charge on any atom is -0.380 e. The summed E-state index contributed by atoms with van der Waals surface area (Å²) in [5, 5.41) is 3.51. The number of hydrogen-bond acceptors (Lipinski definition) is 4. The average molecular weight is 243 g/mol. The Bertz CT molecular complexity index is 491. The van der Waals surface area contributed by atoms with Crippen molar-refractivity contribution in [3.8, 4) is 5.82 Å². The molecule has 0 saturated carbocycles. The van der Waals surface area contributed by atoms with Crippen molar-refractivity contribution in [2.24, 2.45) is 0 Å². The Balaban J connectivity index is 1.68. The highest BCUT2D eigenvalue weighted by atomic mass is 15.2. The summed E-state index contributed by atoms with van der Waals surface area (Å²) in [4.78, 5) is 10.8. The molecule has 1 fully saturated rings. The van der Waals surface area contributed by atoms with Crippen molar-refractivity contribution in [1.29, 1.82) is 0 Å². The quantitative estimate of drug-likeness (QED) is 0.884. The zero-order chi connectivity index (χ0) is 12.4. The lowest BCUT2D eigenvalue weighted by Gasteiger charge is -2.14. The van der Waals surface area contributed by atoms with Crippen LogP contribution in [-0.4, -0.2) is 45.6 Å². The number of likely N-dealkylation sites (N-methyl/N-ethyl adjacent to an activating group) is 1. The molecule has 1 N–H and O–H groups in total. The first kappa shape index (κ1) is 11.2. The predicted octanol–water partition coefficient (Wildman–Crippen LogP) is 1.38. The smallest absolute Gasteiger partial charge is 0.137 e. The second-order valence-electron chi connectivity index (χ2n) is 4.77. The van der Waals surface area contributed by atoms with Gasteiger partial charge in [-0.05, 0) is 32.1 Å². The van der Waals surface area contributed by atoms with Gasteiger partial charge in [0.1, 0.15) is 12.1 Å². The first-order chi connectivity index (χ1) is 8.81. The van der Waals surface area contributed by atoms with Crippen LogP contribution in [0.1, 0.15) is 6.42 Å². The van der Waals surface area contributed by atoms with Crippen LogP contribution in [-0.2, 0) is 0 Å². The average Bonchev–Trinajstić information content (AvgIpc) is 3.02. The van der Waals surface area contributed by atoms with Gasteiger partial charge in [-0.3, -0.25) is 4.57 Å². The highest BCUT2D eigenvalue weighted by molar-refractivity contribution is 5.44. The molecule has 2 aromatic heterocycles. The maximum atomic E-state index is 4.43. The van der Waals surface area contributed by atoms with Crippen LogP contribution in [0, 0.1) is 0 Å². The first-order valence-corrected chi connectivity index (χ1v) is 6.21. The van der Waals surface area contributed by atoms with E-state index in [9.17, 15) is 0 Å². The molecule has 1 aliphatic rings. The van der Waals surface area contributed by atoms with E-state index in [4.69, 9.17) is 0 Å². The molecular weight excluding hydrogens is 226 g/mol. The molecule has 0 spiro atoms. The van der Waals surface area contributed by atoms with Crippen molar-refractivity contribution in [3.63, 3.8) is 0 Å². The third-order valence-electron chi connectivity index (χ3n) is 3.28. The molecule has 1 unspecified atom stereocenters. The lowest BCUT2D eigenvalue weighted by Crippen LogP contribution is -2.23. The van der Waals surface area contributed by atoms with Crippen molar-refractivity contribution in [2.75, 3.05) is 25.5 Å². The van der Waals surface area contributed by atoms with Gasteiger partial charge in [-0.15, -0.1) is 0 Å². The summed E-state index contributed by atoms with van der Waals surface area (Å²) in [7, 11) is 2.15. The zero-order valence-electron chi connectivity index (χ0n) is 10.5. The lowest BCUT2D eigenvalue weighted by molar-refractivity contribution is 0.414. The molecule has 18 heavy (non-hydrogen) atoms. The van der Waals surface area contributed by atoms with Crippen LogP contribution in [0.3, 0.4) is 0 Å². The van der Waals surface area contributed by atoms with Gasteiger partial charge in [0.05, 0.1) is 11.9 Å². The molecule has 1 saturated heterocycles. The molecule has 5 heteroatoms. The molecule has 0 bridgehead atoms. The standard InChI is InChI=1S/C13H17N5/c1-17-6-4-12(9-17)16-11-2-3-13(15-8-11)18-7-5-14-10-18/h2-3,5,7-8,10,12,16H,4,6,9H2,1H3. The van der Waals surface area contributed by atoms with Crippen LogP contribution in [0.4, 0.5) is 5.69 Å². The van der Waals surface area contributed by atoms with Crippen molar-refractivity contribution in [1.82, 2.24) is 19.4 Å². The van der Waals surface area contributed by atoms with E-state index in [0.29, 0.717) is 6.04 Å². The summed E-state index contributed by atoms with van der Waals surface area (Å²) in [6.45, 7) is 2.27. The summed E-state index contributed by atoms with van der Waals surface area (Å²) >= 11 is 0. The number of rotatable bonds is 3. The van der Waals surface area contributed by atoms with Crippen LogP contribution in [0.5, 0.6) is 0 Å². The monoisotopic (exact) mass is 243 g/mol. The minimum atomic E-state index is 0.538. The van der Waals surface area contributed by atoms with Crippen molar-refractivity contribution < 1.29 is 0 Å². The Kier molecular flexibility index (Phi) is 2.98. The fraction of sp³-hybridized carbons (Fsp3) is 0.385. The summed E-state index contributed by atoms with van der Waals surface area (Å²) in [6, 6.07) is 4.61. The molecule has 0 aromatic carbocycles. The van der Waals surface area contributed by atoms with Crippen molar-refractivity contribution >= 4 is 5.69 Å². The van der Waals surface area contributed by atoms with E-state index < -0.39 is 0 Å². The largest absolute Gasteiger partial charge is 0.380 e. The van der Waals surface area contributed by atoms with E-state index in [-0.39, 0.29) is 0 Å². The van der Waals surface area contributed by atoms with E-state index in [1.54, 1.807) is 12.5 Å². The number of pyridine rings is 1. The molecule has 3 rings (SSSR count). The Labute approximate surface area is 106 Å². The van der Waals surface area contributed by atoms with Gasteiger partial charge in [0.25, 0.3) is 0 Å². The molecule has 0 amide bonds. The fourth-order valence-corrected chi connectivity index (χ4v) is 2.31. The van der Waals surface area contributed by atoms with Crippen LogP contribution in [0.25, 0.3) is 5.82 Å². The number of imidazole rings is 1. The Morgan fingerprint density at radius 3 is 2.94 bits per heavy atom. The summed E-state index contributed by atoms with van der Waals surface area (Å²) in [5.74, 6) is 0.890. The Hall–Kier alpha value is -1.88. The van der Waals surface area contributed by atoms with Crippen LogP contribution >= 0.6 is 0 Å². The maximum Gasteiger partial charge on any atom is 0.137 e. The molecule has 1 aliphatic heterocycles. The van der Waals surface area contributed by atoms with E-state index in [0.717, 1.165) is 24.6 Å². The predicted molar refractivity (Wildman–Crippen MR) is 70.9 cm³/mol. The maximum absolute atomic E-state index is 4.43. The zero-order valence-corrected chi connectivity index (χ0v) is 10.5. The van der Waals surface area contributed by atoms with E-state index >= 15 is 0 Å². The fourth-order valence-electron chi connectivity index (χ4n) is 2.31. The van der Waals surface area contributed by atoms with E-state index in [1.807, 2.05) is 23.0 Å². The SMILES string of the molecule is CN1CCC(Nc2ccc(-n3ccnc3)nc2)C1. The van der Waals surface area contributed by atoms with Crippen molar-refractivity contribution in [3.05, 3.63) is 37.1 Å². The van der Waals surface area contributed by atoms with Crippen molar-refractivity contribution in [2.45, 2.75) is 12.5 Å². The van der Waals surface area contributed by atoms with Gasteiger partial charge < -0.3 is 10.2 Å². The number of nitrogens with zero attached hydrogens (tertiary/aromatic N) is 4. The number of hydrogen-bond donors (Lipinski definition) is 1. The van der Waals surface area contributed by atoms with Gasteiger partial charge in [0, 0.05) is 25.0 Å². The second kappa shape index (κ2) is 4.78. The topological polar surface area (TPSA) is 46.0 Å². The summed E-state index contributed by atoms with van der Waals surface area (Å²) in [6.07, 6.45) is 8.47. The third-order valence-corrected chi connectivity index (χ3v) is 3.28.